The van der Waals surface area contributed by atoms with Gasteiger partial charge in [-0.05, 0) is 45.5 Å². The molecule has 0 aliphatic carbocycles. The highest BCUT2D eigenvalue weighted by Gasteiger charge is 2.30. The van der Waals surface area contributed by atoms with E-state index >= 15 is 0 Å². The van der Waals surface area contributed by atoms with Crippen LogP contribution in [-0.4, -0.2) is 37.1 Å². The largest absolute Gasteiger partial charge is 0.475 e. The number of nitrogens with zero attached hydrogens (tertiary/aromatic N) is 2. The second-order valence-corrected chi connectivity index (χ2v) is 10.5. The molecule has 2 heterocycles. The molecule has 4 aromatic carbocycles. The average molecular weight is 477 g/mol. The lowest BCUT2D eigenvalue weighted by atomic mass is 9.87. The molecule has 6 rings (SSSR count). The molecule has 0 bridgehead atoms. The van der Waals surface area contributed by atoms with Crippen LogP contribution in [0.15, 0.2) is 82.8 Å². The van der Waals surface area contributed by atoms with Gasteiger partial charge in [0.25, 0.3) is 0 Å². The van der Waals surface area contributed by atoms with Crippen LogP contribution < -0.4 is 0 Å². The van der Waals surface area contributed by atoms with E-state index in [-0.39, 0.29) is 12.1 Å². The van der Waals surface area contributed by atoms with Crippen LogP contribution in [0, 0.1) is 11.8 Å². The smallest absolute Gasteiger partial charge is 0.217 e. The van der Waals surface area contributed by atoms with Crippen LogP contribution in [-0.2, 0) is 9.47 Å². The summed E-state index contributed by atoms with van der Waals surface area (Å²) in [5, 5.41) is 4.71. The summed E-state index contributed by atoms with van der Waals surface area (Å²) < 4.78 is 12.5. The minimum atomic E-state index is 0.167. The molecule has 2 atom stereocenters. The van der Waals surface area contributed by atoms with Crippen LogP contribution >= 0.6 is 0 Å². The molecular weight excluding hydrogens is 444 g/mol. The van der Waals surface area contributed by atoms with E-state index < -0.39 is 0 Å². The fourth-order valence-electron chi connectivity index (χ4n) is 5.19. The van der Waals surface area contributed by atoms with Crippen molar-refractivity contribution in [3.8, 4) is 11.1 Å². The first kappa shape index (κ1) is 22.8. The Kier molecular flexibility index (Phi) is 5.75. The number of ether oxygens (including phenoxy) is 2. The summed E-state index contributed by atoms with van der Waals surface area (Å²) >= 11 is 0. The van der Waals surface area contributed by atoms with Crippen molar-refractivity contribution in [1.82, 2.24) is 0 Å². The maximum atomic E-state index is 6.24. The topological polar surface area (TPSA) is 43.2 Å². The second kappa shape index (κ2) is 9.09. The highest BCUT2D eigenvalue weighted by molar-refractivity contribution is 6.19. The van der Waals surface area contributed by atoms with Crippen LogP contribution in [0.25, 0.3) is 32.7 Å². The van der Waals surface area contributed by atoms with E-state index in [1.807, 2.05) is 0 Å². The van der Waals surface area contributed by atoms with Crippen LogP contribution in [0.3, 0.4) is 0 Å². The lowest BCUT2D eigenvalue weighted by molar-refractivity contribution is 0.291. The number of benzene rings is 4. The summed E-state index contributed by atoms with van der Waals surface area (Å²) in [6.07, 6.45) is 0. The molecule has 0 saturated heterocycles. The minimum absolute atomic E-state index is 0.167. The highest BCUT2D eigenvalue weighted by atomic mass is 16.5. The van der Waals surface area contributed by atoms with Crippen molar-refractivity contribution in [2.24, 2.45) is 21.8 Å². The fourth-order valence-corrected chi connectivity index (χ4v) is 5.19. The van der Waals surface area contributed by atoms with Crippen molar-refractivity contribution in [2.75, 3.05) is 13.2 Å². The molecule has 0 saturated carbocycles. The predicted molar refractivity (Wildman–Crippen MR) is 149 cm³/mol. The SMILES string of the molecule is CC(C)[C@H]1COC(c2ccc3ccccc3c2-c2c(C3=N[C@@H](C(C)C)CO3)ccc3ccccc23)=N1. The van der Waals surface area contributed by atoms with E-state index in [0.717, 1.165) is 34.0 Å². The molecule has 0 unspecified atom stereocenters. The molecule has 0 N–H and O–H groups in total. The van der Waals surface area contributed by atoms with E-state index in [0.29, 0.717) is 25.0 Å². The summed E-state index contributed by atoms with van der Waals surface area (Å²) in [7, 11) is 0. The van der Waals surface area contributed by atoms with E-state index in [1.54, 1.807) is 0 Å². The van der Waals surface area contributed by atoms with Gasteiger partial charge >= 0.3 is 0 Å². The summed E-state index contributed by atoms with van der Waals surface area (Å²) in [6, 6.07) is 26.1. The van der Waals surface area contributed by atoms with Crippen molar-refractivity contribution >= 4 is 33.3 Å². The van der Waals surface area contributed by atoms with Gasteiger partial charge in [0.05, 0.1) is 12.1 Å². The molecule has 2 aliphatic heterocycles. The van der Waals surface area contributed by atoms with Crippen LogP contribution in [0.1, 0.15) is 38.8 Å². The monoisotopic (exact) mass is 476 g/mol. The van der Waals surface area contributed by atoms with Crippen LogP contribution in [0.2, 0.25) is 0 Å². The second-order valence-electron chi connectivity index (χ2n) is 10.5. The third-order valence-corrected chi connectivity index (χ3v) is 7.46. The van der Waals surface area contributed by atoms with Gasteiger partial charge in [0, 0.05) is 22.3 Å². The number of aliphatic imine (C=N–C) groups is 2. The quantitative estimate of drug-likeness (QED) is 0.304. The Morgan fingerprint density at radius 2 is 1.00 bits per heavy atom. The van der Waals surface area contributed by atoms with Crippen molar-refractivity contribution in [2.45, 2.75) is 39.8 Å². The van der Waals surface area contributed by atoms with Gasteiger partial charge in [-0.3, -0.25) is 0 Å². The van der Waals surface area contributed by atoms with Crippen LogP contribution in [0.5, 0.6) is 0 Å². The third-order valence-electron chi connectivity index (χ3n) is 7.46. The number of rotatable bonds is 5. The summed E-state index contributed by atoms with van der Waals surface area (Å²) in [5.74, 6) is 2.30. The first-order valence-electron chi connectivity index (χ1n) is 13.0. The van der Waals surface area contributed by atoms with Gasteiger partial charge in [0.2, 0.25) is 11.8 Å². The summed E-state index contributed by atoms with van der Waals surface area (Å²) in [6.45, 7) is 10.0. The minimum Gasteiger partial charge on any atom is -0.475 e. The molecule has 2 aliphatic rings. The van der Waals surface area contributed by atoms with Crippen molar-refractivity contribution in [3.63, 3.8) is 0 Å². The standard InChI is InChI=1S/C32H32N2O2/c1-19(2)27-17-35-31(33-27)25-15-13-21-9-5-7-11-23(21)29(25)30-24-12-8-6-10-22(24)14-16-26(30)32-34-28(18-36-32)20(3)4/h5-16,19-20,27-28H,17-18H2,1-4H3/t27-,28-/m1/s1. The third kappa shape index (κ3) is 3.85. The molecule has 4 heteroatoms. The maximum absolute atomic E-state index is 6.24. The molecule has 0 radical (unpaired) electrons. The van der Waals surface area contributed by atoms with E-state index in [1.165, 1.54) is 21.5 Å². The normalized spacial score (nSPS) is 19.6. The zero-order valence-electron chi connectivity index (χ0n) is 21.4. The number of hydrogen-bond donors (Lipinski definition) is 0. The first-order valence-corrected chi connectivity index (χ1v) is 13.0. The van der Waals surface area contributed by atoms with Gasteiger partial charge in [-0.2, -0.15) is 0 Å². The van der Waals surface area contributed by atoms with Gasteiger partial charge in [-0.25, -0.2) is 9.98 Å². The zero-order chi connectivity index (χ0) is 24.8. The Morgan fingerprint density at radius 3 is 1.39 bits per heavy atom. The summed E-state index contributed by atoms with van der Waals surface area (Å²) in [5.41, 5.74) is 4.30. The Labute approximate surface area is 212 Å². The number of hydrogen-bond acceptors (Lipinski definition) is 4. The Hall–Kier alpha value is -3.66. The fraction of sp³-hybridized carbons (Fsp3) is 0.312. The first-order chi connectivity index (χ1) is 17.5. The van der Waals surface area contributed by atoms with E-state index in [4.69, 9.17) is 19.5 Å². The number of fused-ring (bicyclic) bond motifs is 2. The van der Waals surface area contributed by atoms with Crippen molar-refractivity contribution in [3.05, 3.63) is 83.9 Å². The average Bonchev–Trinajstić information content (AvgIpc) is 3.58. The summed E-state index contributed by atoms with van der Waals surface area (Å²) in [4.78, 5) is 10.1. The molecular formula is C32H32N2O2. The van der Waals surface area contributed by atoms with Gasteiger partial charge in [-0.1, -0.05) is 88.4 Å². The van der Waals surface area contributed by atoms with Crippen molar-refractivity contribution < 1.29 is 9.47 Å². The van der Waals surface area contributed by atoms with Gasteiger partial charge in [-0.15, -0.1) is 0 Å². The maximum Gasteiger partial charge on any atom is 0.217 e. The van der Waals surface area contributed by atoms with Crippen LogP contribution in [0.4, 0.5) is 0 Å². The molecule has 0 spiro atoms. The molecule has 182 valence electrons. The highest BCUT2D eigenvalue weighted by Crippen LogP contribution is 2.41. The molecule has 4 nitrogen and oxygen atoms in total. The Morgan fingerprint density at radius 1 is 0.583 bits per heavy atom. The zero-order valence-corrected chi connectivity index (χ0v) is 21.4. The Bertz CT molecular complexity index is 1400. The van der Waals surface area contributed by atoms with E-state index in [9.17, 15) is 0 Å². The lowest BCUT2D eigenvalue weighted by Gasteiger charge is -2.19. The molecule has 4 aromatic rings. The molecule has 0 aromatic heterocycles. The molecule has 0 fully saturated rings. The van der Waals surface area contributed by atoms with Gasteiger partial charge < -0.3 is 9.47 Å². The lowest BCUT2D eigenvalue weighted by Crippen LogP contribution is -2.13. The molecule has 36 heavy (non-hydrogen) atoms. The Balaban J connectivity index is 1.68. The van der Waals surface area contributed by atoms with Gasteiger partial charge in [0.15, 0.2) is 0 Å². The van der Waals surface area contributed by atoms with E-state index in [2.05, 4.69) is 100 Å². The molecule has 0 amide bonds. The predicted octanol–water partition coefficient (Wildman–Crippen LogP) is 7.26. The van der Waals surface area contributed by atoms with Gasteiger partial charge in [0.1, 0.15) is 13.2 Å². The van der Waals surface area contributed by atoms with Crippen molar-refractivity contribution in [1.29, 1.82) is 0 Å².